The number of fused-ring (bicyclic) bond motifs is 3. The van der Waals surface area contributed by atoms with Gasteiger partial charge in [0.1, 0.15) is 5.82 Å². The fourth-order valence-corrected chi connectivity index (χ4v) is 4.52. The molecule has 0 radical (unpaired) electrons. The van der Waals surface area contributed by atoms with Crippen molar-refractivity contribution in [3.05, 3.63) is 51.1 Å². The summed E-state index contributed by atoms with van der Waals surface area (Å²) >= 11 is 0. The molecular weight excluding hydrogens is 374 g/mol. The van der Waals surface area contributed by atoms with E-state index in [-0.39, 0.29) is 5.56 Å². The highest BCUT2D eigenvalue weighted by atomic mass is 16.1. The maximum Gasteiger partial charge on any atom is 0.253 e. The molecule has 0 bridgehead atoms. The average molecular weight is 408 g/mol. The van der Waals surface area contributed by atoms with E-state index >= 15 is 0 Å². The number of nitrogens with zero attached hydrogens (tertiary/aromatic N) is 3. The van der Waals surface area contributed by atoms with E-state index in [1.54, 1.807) is 0 Å². The Morgan fingerprint density at radius 2 is 2.03 bits per heavy atom. The van der Waals surface area contributed by atoms with Crippen molar-refractivity contribution in [2.45, 2.75) is 46.6 Å². The number of hydrogen-bond acceptors (Lipinski definition) is 5. The molecule has 0 aliphatic carbocycles. The zero-order valence-corrected chi connectivity index (χ0v) is 18.4. The normalized spacial score (nSPS) is 18.4. The number of anilines is 1. The number of aromatic amines is 1. The third kappa shape index (κ3) is 4.15. The second-order valence-electron chi connectivity index (χ2n) is 8.33. The first-order chi connectivity index (χ1) is 14.6. The number of rotatable bonds is 5. The maximum atomic E-state index is 12.5. The van der Waals surface area contributed by atoms with Gasteiger partial charge in [-0.1, -0.05) is 19.1 Å². The van der Waals surface area contributed by atoms with Crippen LogP contribution < -0.4 is 10.9 Å². The zero-order valence-electron chi connectivity index (χ0n) is 18.4. The molecule has 2 aromatic rings. The molecule has 160 valence electrons. The lowest BCUT2D eigenvalue weighted by molar-refractivity contribution is 0.151. The zero-order chi connectivity index (χ0) is 21.1. The summed E-state index contributed by atoms with van der Waals surface area (Å²) in [5.74, 6) is 1.14. The van der Waals surface area contributed by atoms with E-state index in [4.69, 9.17) is 0 Å². The van der Waals surface area contributed by atoms with Crippen LogP contribution in [0.4, 0.5) is 5.69 Å². The maximum absolute atomic E-state index is 12.5. The Morgan fingerprint density at radius 3 is 2.77 bits per heavy atom. The highest BCUT2D eigenvalue weighted by Crippen LogP contribution is 2.28. The largest absolute Gasteiger partial charge is 0.384 e. The Kier molecular flexibility index (Phi) is 6.23. The van der Waals surface area contributed by atoms with E-state index < -0.39 is 0 Å². The van der Waals surface area contributed by atoms with Crippen LogP contribution in [0.25, 0.3) is 10.9 Å². The van der Waals surface area contributed by atoms with E-state index in [1.165, 1.54) is 11.1 Å². The standard InChI is InChI=1S/C24H33N5O/c1-4-17(3)23(25-5-2)29-13-11-28(12-14-29)16-18-8-9-19-21(15-18)27-24(30)20-7-6-10-26-22(19)20/h5,8-9,15,26H,4,6-7,10-14,16H2,1-3H3,(H,27,30)/b23-17+,25-5-. The first kappa shape index (κ1) is 20.7. The van der Waals surface area contributed by atoms with Crippen LogP contribution in [-0.2, 0) is 13.0 Å². The van der Waals surface area contributed by atoms with Crippen LogP contribution in [0.1, 0.15) is 44.7 Å². The summed E-state index contributed by atoms with van der Waals surface area (Å²) in [6.07, 6.45) is 4.80. The number of H-pyrrole nitrogens is 1. The van der Waals surface area contributed by atoms with Crippen molar-refractivity contribution in [2.75, 3.05) is 38.0 Å². The van der Waals surface area contributed by atoms with Gasteiger partial charge in [-0.3, -0.25) is 9.69 Å². The van der Waals surface area contributed by atoms with Crippen LogP contribution in [0.2, 0.25) is 0 Å². The van der Waals surface area contributed by atoms with Crippen molar-refractivity contribution in [3.8, 4) is 0 Å². The topological polar surface area (TPSA) is 63.7 Å². The molecule has 0 atom stereocenters. The van der Waals surface area contributed by atoms with E-state index in [9.17, 15) is 4.79 Å². The van der Waals surface area contributed by atoms with E-state index in [0.717, 1.165) is 86.5 Å². The fourth-order valence-electron chi connectivity index (χ4n) is 4.52. The van der Waals surface area contributed by atoms with Crippen LogP contribution in [0.15, 0.2) is 39.4 Å². The molecule has 4 rings (SSSR count). The van der Waals surface area contributed by atoms with Crippen LogP contribution >= 0.6 is 0 Å². The summed E-state index contributed by atoms with van der Waals surface area (Å²) in [6, 6.07) is 6.51. The van der Waals surface area contributed by atoms with Gasteiger partial charge in [0, 0.05) is 56.4 Å². The van der Waals surface area contributed by atoms with Crippen LogP contribution in [-0.4, -0.2) is 53.7 Å². The SMILES string of the molecule is C/C=N\C(=C(\C)CC)N1CCN(Cc2ccc3c4c(c(=O)[nH]c3c2)CCCN4)CC1. The van der Waals surface area contributed by atoms with Crippen molar-refractivity contribution >= 4 is 22.8 Å². The highest BCUT2D eigenvalue weighted by molar-refractivity contribution is 5.93. The molecule has 0 amide bonds. The van der Waals surface area contributed by atoms with Gasteiger partial charge in [0.25, 0.3) is 5.56 Å². The molecule has 6 heteroatoms. The molecule has 2 N–H and O–H groups in total. The number of aromatic nitrogens is 1. The smallest absolute Gasteiger partial charge is 0.253 e. The number of nitrogens with one attached hydrogen (secondary N) is 2. The van der Waals surface area contributed by atoms with E-state index in [2.05, 4.69) is 57.1 Å². The second-order valence-corrected chi connectivity index (χ2v) is 8.33. The molecule has 1 saturated heterocycles. The van der Waals surface area contributed by atoms with Crippen molar-refractivity contribution < 1.29 is 0 Å². The minimum Gasteiger partial charge on any atom is -0.384 e. The minimum atomic E-state index is 0.0533. The lowest BCUT2D eigenvalue weighted by atomic mass is 10.0. The summed E-state index contributed by atoms with van der Waals surface area (Å²) < 4.78 is 0. The molecule has 30 heavy (non-hydrogen) atoms. The molecule has 2 aliphatic rings. The van der Waals surface area contributed by atoms with Gasteiger partial charge in [-0.2, -0.15) is 0 Å². The predicted molar refractivity (Wildman–Crippen MR) is 125 cm³/mol. The summed E-state index contributed by atoms with van der Waals surface area (Å²) in [5, 5.41) is 4.56. The molecule has 6 nitrogen and oxygen atoms in total. The van der Waals surface area contributed by atoms with Gasteiger partial charge >= 0.3 is 0 Å². The molecule has 2 aliphatic heterocycles. The first-order valence-electron chi connectivity index (χ1n) is 11.2. The van der Waals surface area contributed by atoms with Crippen molar-refractivity contribution in [2.24, 2.45) is 4.99 Å². The quantitative estimate of drug-likeness (QED) is 0.741. The molecule has 1 aromatic heterocycles. The molecule has 0 unspecified atom stereocenters. The Bertz CT molecular complexity index is 1030. The molecule has 3 heterocycles. The van der Waals surface area contributed by atoms with Crippen LogP contribution in [0.5, 0.6) is 0 Å². The summed E-state index contributed by atoms with van der Waals surface area (Å²) in [6.45, 7) is 12.2. The fraction of sp³-hybridized carbons (Fsp3) is 0.500. The summed E-state index contributed by atoms with van der Waals surface area (Å²) in [5.41, 5.74) is 5.51. The Hall–Kier alpha value is -2.60. The van der Waals surface area contributed by atoms with Crippen LogP contribution in [0.3, 0.4) is 0 Å². The second kappa shape index (κ2) is 9.04. The molecule has 1 aromatic carbocycles. The van der Waals surface area contributed by atoms with Gasteiger partial charge < -0.3 is 15.2 Å². The Balaban J connectivity index is 1.47. The number of piperazine rings is 1. The minimum absolute atomic E-state index is 0.0533. The van der Waals surface area contributed by atoms with Crippen LogP contribution in [0, 0.1) is 0 Å². The molecule has 0 saturated carbocycles. The number of pyridine rings is 1. The molecule has 1 fully saturated rings. The number of aliphatic imine (C=N–C) groups is 1. The van der Waals surface area contributed by atoms with Crippen molar-refractivity contribution in [3.63, 3.8) is 0 Å². The number of benzene rings is 1. The number of allylic oxidation sites excluding steroid dienone is 1. The monoisotopic (exact) mass is 407 g/mol. The van der Waals surface area contributed by atoms with Gasteiger partial charge in [0.15, 0.2) is 0 Å². The lowest BCUT2D eigenvalue weighted by Gasteiger charge is -2.36. The predicted octanol–water partition coefficient (Wildman–Crippen LogP) is 3.74. The van der Waals surface area contributed by atoms with E-state index in [1.807, 2.05) is 13.1 Å². The summed E-state index contributed by atoms with van der Waals surface area (Å²) in [4.78, 5) is 25.1. The van der Waals surface area contributed by atoms with Crippen molar-refractivity contribution in [1.82, 2.24) is 14.8 Å². The Labute approximate surface area is 178 Å². The molecule has 0 spiro atoms. The highest BCUT2D eigenvalue weighted by Gasteiger charge is 2.20. The van der Waals surface area contributed by atoms with Gasteiger partial charge in [-0.05, 0) is 50.3 Å². The van der Waals surface area contributed by atoms with Gasteiger partial charge in [0.05, 0.1) is 11.2 Å². The first-order valence-corrected chi connectivity index (χ1v) is 11.2. The van der Waals surface area contributed by atoms with Gasteiger partial charge in [0.2, 0.25) is 0 Å². The average Bonchev–Trinajstić information content (AvgIpc) is 2.78. The Morgan fingerprint density at radius 1 is 1.23 bits per heavy atom. The van der Waals surface area contributed by atoms with E-state index in [0.29, 0.717) is 0 Å². The molecular formula is C24H33N5O. The third-order valence-corrected chi connectivity index (χ3v) is 6.32. The van der Waals surface area contributed by atoms with Gasteiger partial charge in [-0.25, -0.2) is 4.99 Å². The third-order valence-electron chi connectivity index (χ3n) is 6.32. The summed E-state index contributed by atoms with van der Waals surface area (Å²) in [7, 11) is 0. The lowest BCUT2D eigenvalue weighted by Crippen LogP contribution is -2.45. The van der Waals surface area contributed by atoms with Gasteiger partial charge in [-0.15, -0.1) is 0 Å². The number of hydrogen-bond donors (Lipinski definition) is 2. The van der Waals surface area contributed by atoms with Crippen molar-refractivity contribution in [1.29, 1.82) is 0 Å².